The first-order valence-electron chi connectivity index (χ1n) is 17.4. The highest BCUT2D eigenvalue weighted by atomic mass is 16.5. The molecule has 4 heteroatoms. The molecule has 0 aliphatic rings. The lowest BCUT2D eigenvalue weighted by molar-refractivity contribution is 0.295. The molecular weight excluding hydrogens is 599 g/mol. The van der Waals surface area contributed by atoms with Gasteiger partial charge in [0.2, 0.25) is 5.88 Å². The number of hydrogen-bond acceptors (Lipinski definition) is 2. The van der Waals surface area contributed by atoms with Gasteiger partial charge in [-0.3, -0.25) is 0 Å². The smallest absolute Gasteiger partial charge is 0.218 e. The van der Waals surface area contributed by atoms with E-state index in [2.05, 4.69) is 169 Å². The molecule has 0 N–H and O–H groups in total. The highest BCUT2D eigenvalue weighted by molar-refractivity contribution is 5.91. The number of fused-ring (bicyclic) bond motifs is 3. The van der Waals surface area contributed by atoms with Crippen molar-refractivity contribution in [2.24, 2.45) is 0 Å². The molecule has 8 aromatic rings. The standard InChI is InChI=1S/C45H41N3O/c1-3-4-26-49-45-38(27-35-21-15-16-32(2)44(35)46-45)43(39-30-47(28-33-17-7-5-8-18-33)41-24-13-11-22-36(39)41)40-31-48(29-34-19-9-6-10-20-34)42-25-14-12-23-37(40)42/h5-25,27,30-31,43H,3-4,26,28-29H2,1-2H3. The van der Waals surface area contributed by atoms with Gasteiger partial charge in [-0.1, -0.05) is 129 Å². The summed E-state index contributed by atoms with van der Waals surface area (Å²) in [6.45, 7) is 6.55. The first kappa shape index (κ1) is 30.7. The maximum Gasteiger partial charge on any atom is 0.218 e. The van der Waals surface area contributed by atoms with Crippen molar-refractivity contribution in [2.75, 3.05) is 6.61 Å². The van der Waals surface area contributed by atoms with Gasteiger partial charge in [0.15, 0.2) is 0 Å². The quantitative estimate of drug-likeness (QED) is 0.132. The Morgan fingerprint density at radius 1 is 0.612 bits per heavy atom. The number of para-hydroxylation sites is 3. The SMILES string of the molecule is CCCCOc1nc2c(C)cccc2cc1C(c1cn(Cc2ccccc2)c2ccccc12)c1cn(Cc2ccccc2)c2ccccc12. The average molecular weight is 640 g/mol. The summed E-state index contributed by atoms with van der Waals surface area (Å²) in [6.07, 6.45) is 6.79. The zero-order valence-electron chi connectivity index (χ0n) is 28.2. The summed E-state index contributed by atoms with van der Waals surface area (Å²) in [4.78, 5) is 5.29. The van der Waals surface area contributed by atoms with Crippen molar-refractivity contribution in [1.82, 2.24) is 14.1 Å². The fraction of sp³-hybridized carbons (Fsp3) is 0.178. The zero-order chi connectivity index (χ0) is 33.2. The topological polar surface area (TPSA) is 32.0 Å². The van der Waals surface area contributed by atoms with Crippen molar-refractivity contribution in [1.29, 1.82) is 0 Å². The van der Waals surface area contributed by atoms with Gasteiger partial charge in [0.1, 0.15) is 0 Å². The molecule has 0 aliphatic heterocycles. The van der Waals surface area contributed by atoms with Crippen LogP contribution >= 0.6 is 0 Å². The lowest BCUT2D eigenvalue weighted by Crippen LogP contribution is -2.09. The summed E-state index contributed by atoms with van der Waals surface area (Å²) in [7, 11) is 0. The molecule has 5 aromatic carbocycles. The third-order valence-electron chi connectivity index (χ3n) is 9.74. The second-order valence-electron chi connectivity index (χ2n) is 13.1. The molecule has 0 radical (unpaired) electrons. The summed E-state index contributed by atoms with van der Waals surface area (Å²) in [6, 6.07) is 47.9. The van der Waals surface area contributed by atoms with Gasteiger partial charge in [0, 0.05) is 64.2 Å². The number of aryl methyl sites for hydroxylation is 1. The fourth-order valence-corrected chi connectivity index (χ4v) is 7.32. The second kappa shape index (κ2) is 13.5. The molecule has 0 bridgehead atoms. The normalized spacial score (nSPS) is 11.7. The van der Waals surface area contributed by atoms with Crippen LogP contribution in [0.5, 0.6) is 5.88 Å². The predicted octanol–water partition coefficient (Wildman–Crippen LogP) is 10.9. The maximum absolute atomic E-state index is 6.67. The molecule has 0 aliphatic carbocycles. The first-order chi connectivity index (χ1) is 24.2. The van der Waals surface area contributed by atoms with Gasteiger partial charge in [0.05, 0.1) is 12.1 Å². The van der Waals surface area contributed by atoms with Crippen molar-refractivity contribution in [3.63, 3.8) is 0 Å². The zero-order valence-corrected chi connectivity index (χ0v) is 28.2. The minimum Gasteiger partial charge on any atom is -0.477 e. The molecule has 0 atom stereocenters. The molecule has 0 unspecified atom stereocenters. The average Bonchev–Trinajstić information content (AvgIpc) is 3.68. The molecule has 242 valence electrons. The molecule has 3 aromatic heterocycles. The number of nitrogens with zero attached hydrogens (tertiary/aromatic N) is 3. The van der Waals surface area contributed by atoms with E-state index in [1.165, 1.54) is 44.1 Å². The molecule has 4 nitrogen and oxygen atoms in total. The van der Waals surface area contributed by atoms with Gasteiger partial charge in [-0.25, -0.2) is 4.98 Å². The second-order valence-corrected chi connectivity index (χ2v) is 13.1. The molecule has 0 amide bonds. The number of benzene rings is 5. The van der Waals surface area contributed by atoms with E-state index < -0.39 is 0 Å². The Kier molecular flexibility index (Phi) is 8.45. The largest absolute Gasteiger partial charge is 0.477 e. The van der Waals surface area contributed by atoms with Crippen molar-refractivity contribution in [3.8, 4) is 5.88 Å². The van der Waals surface area contributed by atoms with Crippen LogP contribution in [0.4, 0.5) is 0 Å². The van der Waals surface area contributed by atoms with Crippen LogP contribution in [0, 0.1) is 6.92 Å². The number of pyridine rings is 1. The third kappa shape index (κ3) is 6.00. The van der Waals surface area contributed by atoms with Gasteiger partial charge in [-0.15, -0.1) is 0 Å². The molecule has 0 spiro atoms. The molecule has 8 rings (SSSR count). The van der Waals surface area contributed by atoms with E-state index >= 15 is 0 Å². The van der Waals surface area contributed by atoms with Crippen LogP contribution in [0.15, 0.2) is 146 Å². The molecule has 49 heavy (non-hydrogen) atoms. The predicted molar refractivity (Wildman–Crippen MR) is 203 cm³/mol. The first-order valence-corrected chi connectivity index (χ1v) is 17.4. The lowest BCUT2D eigenvalue weighted by Gasteiger charge is -2.21. The Balaban J connectivity index is 1.40. The van der Waals surface area contributed by atoms with E-state index in [9.17, 15) is 0 Å². The van der Waals surface area contributed by atoms with E-state index in [1.807, 2.05) is 0 Å². The summed E-state index contributed by atoms with van der Waals surface area (Å²) in [5.41, 5.74) is 10.7. The Bertz CT molecular complexity index is 2250. The maximum atomic E-state index is 6.67. The van der Waals surface area contributed by atoms with Gasteiger partial charge >= 0.3 is 0 Å². The highest BCUT2D eigenvalue weighted by Crippen LogP contribution is 2.45. The van der Waals surface area contributed by atoms with Gasteiger partial charge in [-0.05, 0) is 59.4 Å². The molecular formula is C45H41N3O. The summed E-state index contributed by atoms with van der Waals surface area (Å²) >= 11 is 0. The van der Waals surface area contributed by atoms with Crippen molar-refractivity contribution < 1.29 is 4.74 Å². The Hall–Kier alpha value is -5.61. The van der Waals surface area contributed by atoms with Crippen LogP contribution in [-0.4, -0.2) is 20.7 Å². The van der Waals surface area contributed by atoms with Crippen LogP contribution in [-0.2, 0) is 13.1 Å². The van der Waals surface area contributed by atoms with Crippen LogP contribution in [0.2, 0.25) is 0 Å². The van der Waals surface area contributed by atoms with Gasteiger partial charge < -0.3 is 13.9 Å². The van der Waals surface area contributed by atoms with Crippen LogP contribution < -0.4 is 4.74 Å². The summed E-state index contributed by atoms with van der Waals surface area (Å²) in [5, 5.41) is 3.61. The van der Waals surface area contributed by atoms with E-state index in [4.69, 9.17) is 9.72 Å². The Morgan fingerprint density at radius 2 is 1.16 bits per heavy atom. The lowest BCUT2D eigenvalue weighted by atomic mass is 9.84. The molecule has 0 fully saturated rings. The van der Waals surface area contributed by atoms with Crippen molar-refractivity contribution in [3.05, 3.63) is 179 Å². The summed E-state index contributed by atoms with van der Waals surface area (Å²) in [5.74, 6) is 0.595. The molecule has 0 saturated carbocycles. The Morgan fingerprint density at radius 3 is 1.73 bits per heavy atom. The van der Waals surface area contributed by atoms with E-state index in [1.54, 1.807) is 0 Å². The number of aromatic nitrogens is 3. The minimum absolute atomic E-state index is 0.127. The van der Waals surface area contributed by atoms with Crippen LogP contribution in [0.25, 0.3) is 32.7 Å². The summed E-state index contributed by atoms with van der Waals surface area (Å²) < 4.78 is 11.5. The van der Waals surface area contributed by atoms with E-state index in [-0.39, 0.29) is 5.92 Å². The number of hydrogen-bond donors (Lipinski definition) is 0. The third-order valence-corrected chi connectivity index (χ3v) is 9.74. The Labute approximate surface area is 288 Å². The highest BCUT2D eigenvalue weighted by Gasteiger charge is 2.29. The number of rotatable bonds is 11. The van der Waals surface area contributed by atoms with Crippen LogP contribution in [0.1, 0.15) is 59.1 Å². The minimum atomic E-state index is -0.127. The number of unbranched alkanes of at least 4 members (excludes halogenated alkanes) is 1. The van der Waals surface area contributed by atoms with Crippen molar-refractivity contribution in [2.45, 2.75) is 45.7 Å². The van der Waals surface area contributed by atoms with E-state index in [0.717, 1.165) is 53.8 Å². The monoisotopic (exact) mass is 639 g/mol. The number of ether oxygens (including phenoxy) is 1. The molecule has 0 saturated heterocycles. The van der Waals surface area contributed by atoms with Gasteiger partial charge in [-0.2, -0.15) is 0 Å². The fourth-order valence-electron chi connectivity index (χ4n) is 7.32. The van der Waals surface area contributed by atoms with Crippen LogP contribution in [0.3, 0.4) is 0 Å². The van der Waals surface area contributed by atoms with Gasteiger partial charge in [0.25, 0.3) is 0 Å². The van der Waals surface area contributed by atoms with E-state index in [0.29, 0.717) is 6.61 Å². The molecule has 3 heterocycles. The van der Waals surface area contributed by atoms with Crippen molar-refractivity contribution >= 4 is 32.7 Å².